The SMILES string of the molecule is C=O.CCCCCNC(=O)C(CC(C)C)NC(=O)OCc1ccccc1. The summed E-state index contributed by atoms with van der Waals surface area (Å²) in [4.78, 5) is 32.2. The Morgan fingerprint density at radius 2 is 1.77 bits per heavy atom. The monoisotopic (exact) mass is 364 g/mol. The minimum Gasteiger partial charge on any atom is -0.445 e. The Balaban J connectivity index is 0.00000301. The number of hydrogen-bond acceptors (Lipinski definition) is 4. The van der Waals surface area contributed by atoms with Gasteiger partial charge in [0, 0.05) is 6.54 Å². The third-order valence-electron chi connectivity index (χ3n) is 3.61. The van der Waals surface area contributed by atoms with Crippen molar-refractivity contribution in [2.45, 2.75) is 59.1 Å². The highest BCUT2D eigenvalue weighted by Gasteiger charge is 2.22. The number of rotatable bonds is 10. The summed E-state index contributed by atoms with van der Waals surface area (Å²) in [6.45, 7) is 9.00. The molecule has 0 saturated heterocycles. The molecule has 0 fully saturated rings. The van der Waals surface area contributed by atoms with E-state index in [0.717, 1.165) is 24.8 Å². The topological polar surface area (TPSA) is 84.5 Å². The summed E-state index contributed by atoms with van der Waals surface area (Å²) in [6, 6.07) is 8.91. The third-order valence-corrected chi connectivity index (χ3v) is 3.61. The van der Waals surface area contributed by atoms with Crippen molar-refractivity contribution in [3.05, 3.63) is 35.9 Å². The van der Waals surface area contributed by atoms with E-state index in [1.54, 1.807) is 0 Å². The molecule has 1 aromatic rings. The number of nitrogens with one attached hydrogen (secondary N) is 2. The first-order chi connectivity index (χ1) is 12.5. The van der Waals surface area contributed by atoms with Gasteiger partial charge in [-0.25, -0.2) is 4.79 Å². The predicted molar refractivity (Wildman–Crippen MR) is 103 cm³/mol. The van der Waals surface area contributed by atoms with Gasteiger partial charge in [0.05, 0.1) is 0 Å². The van der Waals surface area contributed by atoms with Crippen molar-refractivity contribution in [3.63, 3.8) is 0 Å². The van der Waals surface area contributed by atoms with E-state index in [4.69, 9.17) is 9.53 Å². The normalized spacial score (nSPS) is 11.1. The van der Waals surface area contributed by atoms with Crippen molar-refractivity contribution in [1.29, 1.82) is 0 Å². The fourth-order valence-corrected chi connectivity index (χ4v) is 2.32. The van der Waals surface area contributed by atoms with Gasteiger partial charge in [-0.15, -0.1) is 0 Å². The zero-order valence-electron chi connectivity index (χ0n) is 16.1. The van der Waals surface area contributed by atoms with Crippen LogP contribution >= 0.6 is 0 Å². The van der Waals surface area contributed by atoms with Crippen LogP contribution in [0.4, 0.5) is 4.79 Å². The zero-order chi connectivity index (χ0) is 19.8. The molecule has 1 atom stereocenters. The van der Waals surface area contributed by atoms with Crippen molar-refractivity contribution >= 4 is 18.8 Å². The van der Waals surface area contributed by atoms with Crippen LogP contribution in [0.3, 0.4) is 0 Å². The summed E-state index contributed by atoms with van der Waals surface area (Å²) >= 11 is 0. The molecular formula is C20H32N2O4. The van der Waals surface area contributed by atoms with Gasteiger partial charge in [-0.1, -0.05) is 63.9 Å². The summed E-state index contributed by atoms with van der Waals surface area (Å²) in [6.07, 6.45) is 3.17. The first-order valence-corrected chi connectivity index (χ1v) is 9.06. The van der Waals surface area contributed by atoms with Gasteiger partial charge >= 0.3 is 6.09 Å². The Morgan fingerprint density at radius 3 is 2.35 bits per heavy atom. The second-order valence-corrected chi connectivity index (χ2v) is 6.39. The number of benzene rings is 1. The third kappa shape index (κ3) is 11.2. The number of ether oxygens (including phenoxy) is 1. The number of hydrogen-bond donors (Lipinski definition) is 2. The largest absolute Gasteiger partial charge is 0.445 e. The zero-order valence-corrected chi connectivity index (χ0v) is 16.1. The van der Waals surface area contributed by atoms with E-state index >= 15 is 0 Å². The molecule has 1 rings (SSSR count). The maximum atomic E-state index is 12.3. The van der Waals surface area contributed by atoms with Crippen molar-refractivity contribution in [1.82, 2.24) is 10.6 Å². The van der Waals surface area contributed by atoms with Crippen molar-refractivity contribution < 1.29 is 19.1 Å². The van der Waals surface area contributed by atoms with Crippen LogP contribution in [0.2, 0.25) is 0 Å². The molecule has 2 N–H and O–H groups in total. The summed E-state index contributed by atoms with van der Waals surface area (Å²) in [5.74, 6) is 0.155. The lowest BCUT2D eigenvalue weighted by Gasteiger charge is -2.20. The molecule has 0 spiro atoms. The maximum absolute atomic E-state index is 12.3. The number of alkyl carbamates (subject to hydrolysis) is 1. The lowest BCUT2D eigenvalue weighted by molar-refractivity contribution is -0.123. The molecule has 26 heavy (non-hydrogen) atoms. The summed E-state index contributed by atoms with van der Waals surface area (Å²) < 4.78 is 5.20. The highest BCUT2D eigenvalue weighted by atomic mass is 16.5. The van der Waals surface area contributed by atoms with Gasteiger partial charge in [0.2, 0.25) is 5.91 Å². The van der Waals surface area contributed by atoms with Gasteiger partial charge in [0.1, 0.15) is 19.4 Å². The Labute approximate surface area is 156 Å². The first kappa shape index (κ1) is 23.6. The van der Waals surface area contributed by atoms with E-state index in [1.807, 2.05) is 51.0 Å². The lowest BCUT2D eigenvalue weighted by Crippen LogP contribution is -2.47. The van der Waals surface area contributed by atoms with Crippen molar-refractivity contribution in [2.24, 2.45) is 5.92 Å². The smallest absolute Gasteiger partial charge is 0.408 e. The summed E-state index contributed by atoms with van der Waals surface area (Å²) in [5.41, 5.74) is 0.914. The van der Waals surface area contributed by atoms with Crippen LogP contribution in [-0.2, 0) is 20.9 Å². The molecule has 0 saturated carbocycles. The van der Waals surface area contributed by atoms with E-state index in [1.165, 1.54) is 0 Å². The fraction of sp³-hybridized carbons (Fsp3) is 0.550. The Bertz CT molecular complexity index is 506. The molecule has 0 aliphatic carbocycles. The van der Waals surface area contributed by atoms with Crippen molar-refractivity contribution in [3.8, 4) is 0 Å². The molecule has 0 heterocycles. The van der Waals surface area contributed by atoms with Crippen LogP contribution in [0.5, 0.6) is 0 Å². The van der Waals surface area contributed by atoms with Gasteiger partial charge in [0.25, 0.3) is 0 Å². The Morgan fingerprint density at radius 1 is 1.12 bits per heavy atom. The van der Waals surface area contributed by atoms with E-state index in [2.05, 4.69) is 17.6 Å². The van der Waals surface area contributed by atoms with Gasteiger partial charge in [-0.2, -0.15) is 0 Å². The molecule has 2 amide bonds. The molecule has 0 aromatic heterocycles. The Hall–Kier alpha value is -2.37. The summed E-state index contributed by atoms with van der Waals surface area (Å²) in [7, 11) is 0. The molecule has 0 aliphatic rings. The average molecular weight is 364 g/mol. The van der Waals surface area contributed by atoms with Gasteiger partial charge < -0.3 is 20.2 Å². The second kappa shape index (κ2) is 14.9. The molecule has 0 bridgehead atoms. The number of carbonyl (C=O) groups is 3. The minimum absolute atomic E-state index is 0.142. The molecule has 146 valence electrons. The molecule has 6 nitrogen and oxygen atoms in total. The van der Waals surface area contributed by atoms with E-state index < -0.39 is 12.1 Å². The Kier molecular flexibility index (Phi) is 13.6. The molecule has 0 radical (unpaired) electrons. The van der Waals surface area contributed by atoms with Crippen LogP contribution in [0, 0.1) is 5.92 Å². The lowest BCUT2D eigenvalue weighted by atomic mass is 10.0. The van der Waals surface area contributed by atoms with Crippen LogP contribution in [0.1, 0.15) is 52.0 Å². The van der Waals surface area contributed by atoms with Crippen LogP contribution in [0.25, 0.3) is 0 Å². The highest BCUT2D eigenvalue weighted by Crippen LogP contribution is 2.07. The van der Waals surface area contributed by atoms with Gasteiger partial charge in [-0.05, 0) is 24.3 Å². The standard InChI is InChI=1S/C19H30N2O3.CH2O/c1-4-5-9-12-20-18(22)17(13-15(2)3)21-19(23)24-14-16-10-7-6-8-11-16;1-2/h6-8,10-11,15,17H,4-5,9,12-14H2,1-3H3,(H,20,22)(H,21,23);1H2. The molecule has 0 aliphatic heterocycles. The molecule has 6 heteroatoms. The maximum Gasteiger partial charge on any atom is 0.408 e. The molecular weight excluding hydrogens is 332 g/mol. The fourth-order valence-electron chi connectivity index (χ4n) is 2.32. The predicted octanol–water partition coefficient (Wildman–Crippen LogP) is 3.45. The van der Waals surface area contributed by atoms with E-state index in [9.17, 15) is 9.59 Å². The summed E-state index contributed by atoms with van der Waals surface area (Å²) in [5, 5.41) is 5.58. The average Bonchev–Trinajstić information content (AvgIpc) is 2.65. The highest BCUT2D eigenvalue weighted by molar-refractivity contribution is 5.85. The number of carbonyl (C=O) groups excluding carboxylic acids is 3. The minimum atomic E-state index is -0.562. The number of amides is 2. The van der Waals surface area contributed by atoms with Crippen LogP contribution in [-0.4, -0.2) is 31.4 Å². The molecule has 1 aromatic carbocycles. The van der Waals surface area contributed by atoms with E-state index in [-0.39, 0.29) is 12.5 Å². The number of unbranched alkanes of at least 4 members (excludes halogenated alkanes) is 2. The van der Waals surface area contributed by atoms with Gasteiger partial charge in [-0.3, -0.25) is 4.79 Å². The first-order valence-electron chi connectivity index (χ1n) is 9.06. The van der Waals surface area contributed by atoms with Crippen molar-refractivity contribution in [2.75, 3.05) is 6.54 Å². The second-order valence-electron chi connectivity index (χ2n) is 6.39. The van der Waals surface area contributed by atoms with Crippen LogP contribution in [0.15, 0.2) is 30.3 Å². The van der Waals surface area contributed by atoms with Gasteiger partial charge in [0.15, 0.2) is 0 Å². The quantitative estimate of drug-likeness (QED) is 0.623. The van der Waals surface area contributed by atoms with Crippen LogP contribution < -0.4 is 10.6 Å². The van der Waals surface area contributed by atoms with E-state index in [0.29, 0.717) is 18.9 Å². The molecule has 1 unspecified atom stereocenters.